The molecule has 0 saturated heterocycles. The Balaban J connectivity index is 3.12. The monoisotopic (exact) mass is 647 g/mol. The number of rotatable bonds is 39. The van der Waals surface area contributed by atoms with Gasteiger partial charge in [0.15, 0.2) is 0 Å². The van der Waals surface area contributed by atoms with Gasteiger partial charge in [-0.15, -0.1) is 0 Å². The van der Waals surface area contributed by atoms with E-state index in [9.17, 15) is 9.59 Å². The molecule has 2 N–H and O–H groups in total. The largest absolute Gasteiger partial charge is 0.481 e. The van der Waals surface area contributed by atoms with Crippen molar-refractivity contribution in [2.75, 3.05) is 0 Å². The highest BCUT2D eigenvalue weighted by molar-refractivity contribution is 5.66. The first-order chi connectivity index (χ1) is 22.6. The normalized spacial score (nSPS) is 11.7. The van der Waals surface area contributed by atoms with E-state index in [1.54, 1.807) is 0 Å². The molecule has 0 aliphatic carbocycles. The third-order valence-electron chi connectivity index (χ3n) is 9.35. The first-order valence-corrected chi connectivity index (χ1v) is 20.4. The minimum absolute atomic E-state index is 0.327. The van der Waals surface area contributed by atoms with Gasteiger partial charge >= 0.3 is 11.9 Å². The number of aliphatic carboxylic acids is 2. The summed E-state index contributed by atoms with van der Waals surface area (Å²) >= 11 is 0. The molecule has 0 fully saturated rings. The summed E-state index contributed by atoms with van der Waals surface area (Å²) in [5, 5.41) is 17.3. The Bertz CT molecular complexity index is 625. The quantitative estimate of drug-likeness (QED) is 0.0515. The van der Waals surface area contributed by atoms with Crippen LogP contribution < -0.4 is 0 Å². The smallest absolute Gasteiger partial charge is 0.303 e. The van der Waals surface area contributed by atoms with E-state index in [-0.39, 0.29) is 0 Å². The van der Waals surface area contributed by atoms with Gasteiger partial charge in [-0.2, -0.15) is 0 Å². The lowest BCUT2D eigenvalue weighted by molar-refractivity contribution is -0.138. The fraction of sp³-hybridized carbons (Fsp3) is 0.857. The molecule has 0 rings (SSSR count). The number of unbranched alkanes of at least 4 members (excludes halogenated alkanes) is 31. The lowest BCUT2D eigenvalue weighted by atomic mass is 10.0. The van der Waals surface area contributed by atoms with Crippen molar-refractivity contribution >= 4 is 11.9 Å². The fourth-order valence-electron chi connectivity index (χ4n) is 6.32. The molecule has 0 amide bonds. The van der Waals surface area contributed by atoms with Crippen molar-refractivity contribution in [1.82, 2.24) is 0 Å². The second-order valence-corrected chi connectivity index (χ2v) is 14.0. The van der Waals surface area contributed by atoms with E-state index < -0.39 is 11.9 Å². The molecule has 0 atom stereocenters. The van der Waals surface area contributed by atoms with Crippen LogP contribution in [-0.4, -0.2) is 22.2 Å². The lowest BCUT2D eigenvalue weighted by Gasteiger charge is -2.04. The molecule has 4 heteroatoms. The number of hydrogen-bond acceptors (Lipinski definition) is 2. The number of carboxylic acid groups (broad SMARTS) is 2. The number of carboxylic acids is 2. The van der Waals surface area contributed by atoms with Gasteiger partial charge in [-0.05, 0) is 64.2 Å². The number of hydrogen-bond donors (Lipinski definition) is 2. The molecular weight excluding hydrogens is 568 g/mol. The summed E-state index contributed by atoms with van der Waals surface area (Å²) in [6.07, 6.45) is 54.4. The van der Waals surface area contributed by atoms with Gasteiger partial charge < -0.3 is 10.2 Å². The third-order valence-corrected chi connectivity index (χ3v) is 9.35. The van der Waals surface area contributed by atoms with E-state index >= 15 is 0 Å². The van der Waals surface area contributed by atoms with Crippen LogP contribution in [0.1, 0.15) is 231 Å². The molecule has 0 radical (unpaired) electrons. The molecule has 0 aromatic rings. The average molecular weight is 647 g/mol. The zero-order valence-electron chi connectivity index (χ0n) is 30.5. The second-order valence-electron chi connectivity index (χ2n) is 14.0. The molecule has 0 heterocycles. The van der Waals surface area contributed by atoms with Crippen molar-refractivity contribution in [2.45, 2.75) is 231 Å². The highest BCUT2D eigenvalue weighted by Crippen LogP contribution is 2.16. The zero-order chi connectivity index (χ0) is 33.4. The number of carbonyl (C=O) groups is 2. The Morgan fingerprint density at radius 3 is 0.587 bits per heavy atom. The standard InChI is InChI=1S/C42H78O4/c43-41(44)39-37-35-33-31-29-27-25-23-21-19-17-15-13-11-9-7-5-3-1-2-4-6-8-10-12-14-16-18-20-22-24-26-28-30-32-34-36-38-40-42(45)46/h23-26H,1-22,27-40H2,(H,43,44)(H,45,46). The summed E-state index contributed by atoms with van der Waals surface area (Å²) in [6.45, 7) is 0. The van der Waals surface area contributed by atoms with Crippen LogP contribution in [0.25, 0.3) is 0 Å². The second kappa shape index (κ2) is 39.6. The first-order valence-electron chi connectivity index (χ1n) is 20.4. The molecule has 0 saturated carbocycles. The Kier molecular flexibility index (Phi) is 38.2. The van der Waals surface area contributed by atoms with E-state index in [0.717, 1.165) is 25.7 Å². The predicted octanol–water partition coefficient (Wildman–Crippen LogP) is 14.3. The highest BCUT2D eigenvalue weighted by atomic mass is 16.4. The summed E-state index contributed by atoms with van der Waals surface area (Å²) in [6, 6.07) is 0. The SMILES string of the molecule is O=C(O)CCCCCCCC=CCCCCCCCCCCCCCCCCCCCCCCC=CCCCCCCCC(=O)O. The Morgan fingerprint density at radius 2 is 0.413 bits per heavy atom. The molecule has 46 heavy (non-hydrogen) atoms. The van der Waals surface area contributed by atoms with E-state index in [0.29, 0.717) is 12.8 Å². The van der Waals surface area contributed by atoms with E-state index in [1.165, 1.54) is 193 Å². The Morgan fingerprint density at radius 1 is 0.261 bits per heavy atom. The molecule has 0 aliphatic heterocycles. The van der Waals surface area contributed by atoms with Crippen LogP contribution in [0, 0.1) is 0 Å². The molecule has 0 aromatic heterocycles. The minimum Gasteiger partial charge on any atom is -0.481 e. The van der Waals surface area contributed by atoms with Crippen LogP contribution >= 0.6 is 0 Å². The maximum Gasteiger partial charge on any atom is 0.303 e. The van der Waals surface area contributed by atoms with Crippen LogP contribution in [0.4, 0.5) is 0 Å². The van der Waals surface area contributed by atoms with Crippen LogP contribution in [-0.2, 0) is 9.59 Å². The van der Waals surface area contributed by atoms with E-state index in [1.807, 2.05) is 0 Å². The zero-order valence-corrected chi connectivity index (χ0v) is 30.5. The van der Waals surface area contributed by atoms with Gasteiger partial charge in [-0.3, -0.25) is 9.59 Å². The summed E-state index contributed by atoms with van der Waals surface area (Å²) in [4.78, 5) is 21.0. The van der Waals surface area contributed by atoms with Crippen LogP contribution in [0.2, 0.25) is 0 Å². The van der Waals surface area contributed by atoms with Crippen LogP contribution in [0.15, 0.2) is 24.3 Å². The van der Waals surface area contributed by atoms with Gasteiger partial charge in [0, 0.05) is 12.8 Å². The summed E-state index contributed by atoms with van der Waals surface area (Å²) in [7, 11) is 0. The van der Waals surface area contributed by atoms with Crippen LogP contribution in [0.5, 0.6) is 0 Å². The maximum atomic E-state index is 10.5. The topological polar surface area (TPSA) is 74.6 Å². The van der Waals surface area contributed by atoms with Gasteiger partial charge in [0.25, 0.3) is 0 Å². The minimum atomic E-state index is -0.664. The van der Waals surface area contributed by atoms with Gasteiger partial charge in [-0.25, -0.2) is 0 Å². The number of allylic oxidation sites excluding steroid dienone is 4. The Labute approximate surface area is 286 Å². The van der Waals surface area contributed by atoms with Crippen LogP contribution in [0.3, 0.4) is 0 Å². The van der Waals surface area contributed by atoms with E-state index in [2.05, 4.69) is 24.3 Å². The van der Waals surface area contributed by atoms with Gasteiger partial charge in [0.1, 0.15) is 0 Å². The summed E-state index contributed by atoms with van der Waals surface area (Å²) < 4.78 is 0. The molecule has 0 aromatic carbocycles. The summed E-state index contributed by atoms with van der Waals surface area (Å²) in [5.41, 5.74) is 0. The van der Waals surface area contributed by atoms with Crippen molar-refractivity contribution in [3.63, 3.8) is 0 Å². The molecule has 270 valence electrons. The third kappa shape index (κ3) is 42.4. The lowest BCUT2D eigenvalue weighted by Crippen LogP contribution is -1.93. The molecular formula is C42H78O4. The predicted molar refractivity (Wildman–Crippen MR) is 200 cm³/mol. The maximum absolute atomic E-state index is 10.5. The Hall–Kier alpha value is -1.58. The molecule has 4 nitrogen and oxygen atoms in total. The summed E-state index contributed by atoms with van der Waals surface area (Å²) in [5.74, 6) is -1.33. The molecule has 0 bridgehead atoms. The molecule has 0 unspecified atom stereocenters. The van der Waals surface area contributed by atoms with Crippen molar-refractivity contribution in [2.24, 2.45) is 0 Å². The van der Waals surface area contributed by atoms with Crippen molar-refractivity contribution in [3.05, 3.63) is 24.3 Å². The van der Waals surface area contributed by atoms with Gasteiger partial charge in [0.05, 0.1) is 0 Å². The van der Waals surface area contributed by atoms with Gasteiger partial charge in [0.2, 0.25) is 0 Å². The van der Waals surface area contributed by atoms with Crippen molar-refractivity contribution < 1.29 is 19.8 Å². The first kappa shape index (κ1) is 44.4. The fourth-order valence-corrected chi connectivity index (χ4v) is 6.32. The van der Waals surface area contributed by atoms with E-state index in [4.69, 9.17) is 10.2 Å². The van der Waals surface area contributed by atoms with Crippen molar-refractivity contribution in [3.8, 4) is 0 Å². The average Bonchev–Trinajstić information content (AvgIpc) is 3.03. The highest BCUT2D eigenvalue weighted by Gasteiger charge is 1.98. The van der Waals surface area contributed by atoms with Gasteiger partial charge in [-0.1, -0.05) is 178 Å². The van der Waals surface area contributed by atoms with Crippen molar-refractivity contribution in [1.29, 1.82) is 0 Å². The molecule has 0 aliphatic rings. The molecule has 0 spiro atoms.